The van der Waals surface area contributed by atoms with Gasteiger partial charge in [-0.15, -0.1) is 0 Å². The highest BCUT2D eigenvalue weighted by molar-refractivity contribution is 5.38. The van der Waals surface area contributed by atoms with Crippen molar-refractivity contribution in [1.82, 2.24) is 25.1 Å². The van der Waals surface area contributed by atoms with Crippen LogP contribution < -0.4 is 5.32 Å². The summed E-state index contributed by atoms with van der Waals surface area (Å²) in [6.07, 6.45) is 1.07. The van der Waals surface area contributed by atoms with Gasteiger partial charge in [0.1, 0.15) is 0 Å². The topological polar surface area (TPSA) is 58.9 Å². The first-order chi connectivity index (χ1) is 9.85. The number of para-hydroxylation sites is 1. The molecule has 20 heavy (non-hydrogen) atoms. The fourth-order valence-electron chi connectivity index (χ4n) is 2.08. The number of nitrogens with one attached hydrogen (secondary N) is 1. The van der Waals surface area contributed by atoms with Crippen molar-refractivity contribution in [2.45, 2.75) is 20.3 Å². The van der Waals surface area contributed by atoms with Gasteiger partial charge in [0, 0.05) is 6.54 Å². The van der Waals surface area contributed by atoms with Gasteiger partial charge >= 0.3 is 0 Å². The van der Waals surface area contributed by atoms with Gasteiger partial charge in [0.05, 0.1) is 5.69 Å². The van der Waals surface area contributed by atoms with Crippen LogP contribution in [0, 0.1) is 0 Å². The minimum absolute atomic E-state index is 0.691. The Hall–Kier alpha value is -1.95. The third-order valence-corrected chi connectivity index (χ3v) is 3.30. The molecule has 0 amide bonds. The van der Waals surface area contributed by atoms with Crippen molar-refractivity contribution in [3.8, 4) is 5.69 Å². The van der Waals surface area contributed by atoms with E-state index in [4.69, 9.17) is 0 Å². The molecule has 6 nitrogen and oxygen atoms in total. The molecule has 1 N–H and O–H groups in total. The quantitative estimate of drug-likeness (QED) is 0.744. The number of benzene rings is 1. The van der Waals surface area contributed by atoms with Crippen LogP contribution in [-0.4, -0.2) is 51.3 Å². The van der Waals surface area contributed by atoms with Crippen molar-refractivity contribution in [3.05, 3.63) is 30.3 Å². The number of hydrogen-bond acceptors (Lipinski definition) is 5. The van der Waals surface area contributed by atoms with E-state index in [9.17, 15) is 0 Å². The standard InChI is InChI=1S/C14H22N6/c1-3-19(4-2)12-8-11-15-14-16-17-18-20(14)13-9-6-5-7-10-13/h5-7,9-10H,3-4,8,11-12H2,1-2H3,(H,15,16,18). The van der Waals surface area contributed by atoms with Crippen LogP contribution in [0.25, 0.3) is 5.69 Å². The summed E-state index contributed by atoms with van der Waals surface area (Å²) in [6, 6.07) is 9.89. The number of anilines is 1. The third-order valence-electron chi connectivity index (χ3n) is 3.30. The molecule has 0 fully saturated rings. The maximum Gasteiger partial charge on any atom is 0.247 e. The zero-order valence-corrected chi connectivity index (χ0v) is 12.2. The molecule has 2 rings (SSSR count). The maximum absolute atomic E-state index is 4.03. The predicted octanol–water partition coefficient (Wildman–Crippen LogP) is 1.81. The summed E-state index contributed by atoms with van der Waals surface area (Å²) >= 11 is 0. The van der Waals surface area contributed by atoms with E-state index in [2.05, 4.69) is 39.6 Å². The lowest BCUT2D eigenvalue weighted by atomic mass is 10.3. The zero-order chi connectivity index (χ0) is 14.2. The van der Waals surface area contributed by atoms with Crippen LogP contribution in [-0.2, 0) is 0 Å². The fraction of sp³-hybridized carbons (Fsp3) is 0.500. The van der Waals surface area contributed by atoms with Crippen LogP contribution in [0.3, 0.4) is 0 Å². The Morgan fingerprint density at radius 3 is 2.60 bits per heavy atom. The van der Waals surface area contributed by atoms with E-state index in [0.29, 0.717) is 5.95 Å². The zero-order valence-electron chi connectivity index (χ0n) is 12.2. The van der Waals surface area contributed by atoms with E-state index in [-0.39, 0.29) is 0 Å². The van der Waals surface area contributed by atoms with Crippen LogP contribution in [0.5, 0.6) is 0 Å². The highest BCUT2D eigenvalue weighted by Crippen LogP contribution is 2.10. The Kier molecular flexibility index (Phi) is 5.49. The maximum atomic E-state index is 4.03. The van der Waals surface area contributed by atoms with Gasteiger partial charge in [0.25, 0.3) is 0 Å². The summed E-state index contributed by atoms with van der Waals surface area (Å²) in [5.41, 5.74) is 0.962. The molecular weight excluding hydrogens is 252 g/mol. The molecule has 0 radical (unpaired) electrons. The van der Waals surface area contributed by atoms with Gasteiger partial charge < -0.3 is 10.2 Å². The number of rotatable bonds is 8. The minimum Gasteiger partial charge on any atom is -0.353 e. The number of aromatic nitrogens is 4. The van der Waals surface area contributed by atoms with Crippen LogP contribution in [0.1, 0.15) is 20.3 Å². The molecule has 0 spiro atoms. The second kappa shape index (κ2) is 7.59. The molecule has 6 heteroatoms. The molecule has 1 heterocycles. The Morgan fingerprint density at radius 2 is 1.90 bits per heavy atom. The summed E-state index contributed by atoms with van der Waals surface area (Å²) in [4.78, 5) is 2.40. The van der Waals surface area contributed by atoms with E-state index in [1.165, 1.54) is 0 Å². The highest BCUT2D eigenvalue weighted by atomic mass is 15.6. The van der Waals surface area contributed by atoms with E-state index in [0.717, 1.165) is 38.3 Å². The van der Waals surface area contributed by atoms with Gasteiger partial charge in [-0.25, -0.2) is 0 Å². The number of tetrazole rings is 1. The molecule has 0 aliphatic heterocycles. The summed E-state index contributed by atoms with van der Waals surface area (Å²) in [5, 5.41) is 15.1. The van der Waals surface area contributed by atoms with Crippen molar-refractivity contribution in [2.24, 2.45) is 0 Å². The van der Waals surface area contributed by atoms with Crippen LogP contribution >= 0.6 is 0 Å². The summed E-state index contributed by atoms with van der Waals surface area (Å²) in [7, 11) is 0. The van der Waals surface area contributed by atoms with Gasteiger partial charge in [-0.3, -0.25) is 0 Å². The normalized spacial score (nSPS) is 10.9. The Morgan fingerprint density at radius 1 is 1.15 bits per heavy atom. The highest BCUT2D eigenvalue weighted by Gasteiger charge is 2.07. The third kappa shape index (κ3) is 3.77. The van der Waals surface area contributed by atoms with Crippen molar-refractivity contribution in [3.63, 3.8) is 0 Å². The summed E-state index contributed by atoms with van der Waals surface area (Å²) in [6.45, 7) is 8.52. The van der Waals surface area contributed by atoms with E-state index in [1.54, 1.807) is 4.68 Å². The van der Waals surface area contributed by atoms with Crippen LogP contribution in [0.4, 0.5) is 5.95 Å². The molecule has 0 unspecified atom stereocenters. The van der Waals surface area contributed by atoms with E-state index >= 15 is 0 Å². The lowest BCUT2D eigenvalue weighted by molar-refractivity contribution is 0.303. The van der Waals surface area contributed by atoms with Crippen molar-refractivity contribution < 1.29 is 0 Å². The van der Waals surface area contributed by atoms with Gasteiger partial charge in [-0.1, -0.05) is 37.1 Å². The van der Waals surface area contributed by atoms with Gasteiger partial charge in [-0.2, -0.15) is 4.68 Å². The molecule has 0 bridgehead atoms. The molecular formula is C14H22N6. The second-order valence-corrected chi connectivity index (χ2v) is 4.56. The molecule has 0 saturated heterocycles. The first kappa shape index (κ1) is 14.5. The molecule has 0 aliphatic carbocycles. The molecule has 0 aliphatic rings. The average Bonchev–Trinajstić information content (AvgIpc) is 2.97. The average molecular weight is 274 g/mol. The Balaban J connectivity index is 1.87. The fourth-order valence-corrected chi connectivity index (χ4v) is 2.08. The van der Waals surface area contributed by atoms with Crippen molar-refractivity contribution in [1.29, 1.82) is 0 Å². The Bertz CT molecular complexity index is 491. The van der Waals surface area contributed by atoms with E-state index in [1.807, 2.05) is 30.3 Å². The van der Waals surface area contributed by atoms with Gasteiger partial charge in [-0.05, 0) is 48.6 Å². The number of nitrogens with zero attached hydrogens (tertiary/aromatic N) is 5. The molecule has 0 saturated carbocycles. The largest absolute Gasteiger partial charge is 0.353 e. The minimum atomic E-state index is 0.691. The first-order valence-corrected chi connectivity index (χ1v) is 7.15. The predicted molar refractivity (Wildman–Crippen MR) is 80.0 cm³/mol. The molecule has 0 atom stereocenters. The van der Waals surface area contributed by atoms with Crippen molar-refractivity contribution >= 4 is 5.95 Å². The smallest absolute Gasteiger partial charge is 0.247 e. The second-order valence-electron chi connectivity index (χ2n) is 4.56. The van der Waals surface area contributed by atoms with Crippen molar-refractivity contribution in [2.75, 3.05) is 31.5 Å². The summed E-state index contributed by atoms with van der Waals surface area (Å²) in [5.74, 6) is 0.691. The summed E-state index contributed by atoms with van der Waals surface area (Å²) < 4.78 is 1.72. The lowest BCUT2D eigenvalue weighted by Crippen LogP contribution is -2.25. The monoisotopic (exact) mass is 274 g/mol. The molecule has 108 valence electrons. The Labute approximate surface area is 119 Å². The SMILES string of the molecule is CCN(CC)CCCNc1nnnn1-c1ccccc1. The number of hydrogen-bond donors (Lipinski definition) is 1. The molecule has 1 aromatic carbocycles. The van der Waals surface area contributed by atoms with Crippen LogP contribution in [0.2, 0.25) is 0 Å². The lowest BCUT2D eigenvalue weighted by Gasteiger charge is -2.17. The van der Waals surface area contributed by atoms with E-state index < -0.39 is 0 Å². The molecule has 2 aromatic rings. The van der Waals surface area contributed by atoms with Gasteiger partial charge in [0.15, 0.2) is 0 Å². The van der Waals surface area contributed by atoms with Crippen LogP contribution in [0.15, 0.2) is 30.3 Å². The first-order valence-electron chi connectivity index (χ1n) is 7.15. The molecule has 1 aromatic heterocycles. The van der Waals surface area contributed by atoms with Gasteiger partial charge in [0.2, 0.25) is 5.95 Å².